The van der Waals surface area contributed by atoms with Crippen LogP contribution < -0.4 is 0 Å². The summed E-state index contributed by atoms with van der Waals surface area (Å²) < 4.78 is 32.9. The van der Waals surface area contributed by atoms with Gasteiger partial charge in [-0.15, -0.1) is 0 Å². The van der Waals surface area contributed by atoms with E-state index in [1.54, 1.807) is 34.9 Å². The van der Waals surface area contributed by atoms with Crippen molar-refractivity contribution in [3.63, 3.8) is 0 Å². The third kappa shape index (κ3) is 8.51. The Morgan fingerprint density at radius 1 is 1.13 bits per heavy atom. The maximum Gasteiger partial charge on any atom is 0.253 e. The summed E-state index contributed by atoms with van der Waals surface area (Å²) in [6.07, 6.45) is 1.63. The number of piperidine rings is 1. The van der Waals surface area contributed by atoms with Crippen molar-refractivity contribution in [2.45, 2.75) is 38.8 Å². The molecule has 0 atom stereocenters. The molecule has 208 valence electrons. The Bertz CT molecular complexity index is 1200. The number of hydrogen-bond donors (Lipinski definition) is 0. The fraction of sp³-hybridized carbons (Fsp3) is 0.481. The van der Waals surface area contributed by atoms with Crippen molar-refractivity contribution in [3.8, 4) is 0 Å². The summed E-state index contributed by atoms with van der Waals surface area (Å²) in [7, 11) is -2.11. The molecule has 1 aliphatic rings. The Morgan fingerprint density at radius 3 is 2.47 bits per heavy atom. The van der Waals surface area contributed by atoms with Gasteiger partial charge < -0.3 is 14.5 Å². The van der Waals surface area contributed by atoms with E-state index in [4.69, 9.17) is 16.3 Å². The van der Waals surface area contributed by atoms with Crippen LogP contribution in [0.15, 0.2) is 53.0 Å². The largest absolute Gasteiger partial charge is 0.383 e. The summed E-state index contributed by atoms with van der Waals surface area (Å²) in [5.74, 6) is -0.361. The Morgan fingerprint density at radius 2 is 1.84 bits per heavy atom. The highest BCUT2D eigenvalue weighted by Crippen LogP contribution is 2.23. The second-order valence-electron chi connectivity index (χ2n) is 9.33. The molecule has 0 radical (unpaired) electrons. The molecule has 0 aromatic heterocycles. The zero-order valence-electron chi connectivity index (χ0n) is 21.8. The van der Waals surface area contributed by atoms with Crippen LogP contribution in [0.2, 0.25) is 5.02 Å². The van der Waals surface area contributed by atoms with E-state index in [1.165, 1.54) is 11.4 Å². The summed E-state index contributed by atoms with van der Waals surface area (Å²) in [6.45, 7) is 3.13. The first-order valence-corrected chi connectivity index (χ1v) is 15.5. The van der Waals surface area contributed by atoms with Gasteiger partial charge in [-0.2, -0.15) is 4.31 Å². The van der Waals surface area contributed by atoms with Crippen LogP contribution in [0.5, 0.6) is 0 Å². The van der Waals surface area contributed by atoms with Crippen LogP contribution in [0, 0.1) is 0 Å². The maximum atomic E-state index is 13.7. The third-order valence-electron chi connectivity index (χ3n) is 6.54. The molecule has 2 aromatic rings. The van der Waals surface area contributed by atoms with Gasteiger partial charge in [-0.25, -0.2) is 8.42 Å². The Balaban J connectivity index is 1.78. The Hall–Kier alpha value is -1.98. The van der Waals surface area contributed by atoms with Gasteiger partial charge in [0.2, 0.25) is 15.9 Å². The van der Waals surface area contributed by atoms with Gasteiger partial charge >= 0.3 is 0 Å². The first kappa shape index (κ1) is 30.6. The van der Waals surface area contributed by atoms with Crippen LogP contribution in [0.4, 0.5) is 0 Å². The highest BCUT2D eigenvalue weighted by molar-refractivity contribution is 9.10. The van der Waals surface area contributed by atoms with Crippen molar-refractivity contribution in [2.75, 3.05) is 45.6 Å². The van der Waals surface area contributed by atoms with Crippen LogP contribution in [-0.4, -0.2) is 86.0 Å². The Labute approximate surface area is 239 Å². The zero-order chi connectivity index (χ0) is 27.7. The molecular formula is C27H35BrClN3O5S. The van der Waals surface area contributed by atoms with Gasteiger partial charge in [0.15, 0.2) is 0 Å². The van der Waals surface area contributed by atoms with Crippen molar-refractivity contribution in [1.29, 1.82) is 0 Å². The summed E-state index contributed by atoms with van der Waals surface area (Å²) in [5, 5.41) is 0.566. The zero-order valence-corrected chi connectivity index (χ0v) is 25.0. The molecule has 1 aliphatic heterocycles. The molecule has 0 saturated carbocycles. The lowest BCUT2D eigenvalue weighted by Gasteiger charge is -2.39. The number of carbonyl (C=O) groups is 2. The number of amides is 2. The molecule has 2 amide bonds. The van der Waals surface area contributed by atoms with Crippen LogP contribution in [0.25, 0.3) is 0 Å². The number of halogens is 2. The molecule has 0 N–H and O–H groups in total. The van der Waals surface area contributed by atoms with Gasteiger partial charge in [-0.05, 0) is 55.2 Å². The lowest BCUT2D eigenvalue weighted by molar-refractivity contribution is -0.135. The molecule has 0 unspecified atom stereocenters. The minimum atomic E-state index is -3.61. The number of hydrogen-bond acceptors (Lipinski definition) is 5. The maximum absolute atomic E-state index is 13.7. The minimum absolute atomic E-state index is 0.0333. The fourth-order valence-corrected chi connectivity index (χ4v) is 6.62. The molecule has 1 heterocycles. The van der Waals surface area contributed by atoms with Crippen LogP contribution >= 0.6 is 27.5 Å². The first-order chi connectivity index (χ1) is 18.1. The number of carbonyl (C=O) groups excluding carboxylic acids is 2. The molecule has 2 aromatic carbocycles. The van der Waals surface area contributed by atoms with E-state index in [-0.39, 0.29) is 43.3 Å². The highest BCUT2D eigenvalue weighted by Gasteiger charge is 2.33. The van der Waals surface area contributed by atoms with E-state index in [1.807, 2.05) is 30.3 Å². The summed E-state index contributed by atoms with van der Waals surface area (Å²) in [5.41, 5.74) is 1.47. The predicted octanol–water partition coefficient (Wildman–Crippen LogP) is 4.42. The van der Waals surface area contributed by atoms with E-state index in [0.717, 1.165) is 10.0 Å². The van der Waals surface area contributed by atoms with Gasteiger partial charge in [0.25, 0.3) is 5.91 Å². The standard InChI is InChI=1S/C27H35BrClN3O5S/c1-3-16-38(35,36)31(14-15-37-2)20-26(33)32(19-21-6-4-9-24(29)17-21)25-10-12-30(13-11-25)27(34)22-7-5-8-23(28)18-22/h4-9,17-18,25H,3,10-16,19-20H2,1-2H3. The van der Waals surface area contributed by atoms with Gasteiger partial charge in [0.1, 0.15) is 0 Å². The lowest BCUT2D eigenvalue weighted by Crippen LogP contribution is -2.51. The fourth-order valence-electron chi connectivity index (χ4n) is 4.58. The average Bonchev–Trinajstić information content (AvgIpc) is 2.89. The predicted molar refractivity (Wildman–Crippen MR) is 153 cm³/mol. The quantitative estimate of drug-likeness (QED) is 0.347. The van der Waals surface area contributed by atoms with Gasteiger partial charge in [-0.3, -0.25) is 9.59 Å². The average molecular weight is 629 g/mol. The number of nitrogens with zero attached hydrogens (tertiary/aromatic N) is 3. The highest BCUT2D eigenvalue weighted by atomic mass is 79.9. The van der Waals surface area contributed by atoms with Crippen LogP contribution in [0.3, 0.4) is 0 Å². The second-order valence-corrected chi connectivity index (χ2v) is 12.8. The molecule has 1 fully saturated rings. The SMILES string of the molecule is CCCS(=O)(=O)N(CCOC)CC(=O)N(Cc1cccc(Cl)c1)C1CCN(C(=O)c2cccc(Br)c2)CC1. The lowest BCUT2D eigenvalue weighted by atomic mass is 10.0. The Kier molecular flexibility index (Phi) is 11.6. The van der Waals surface area contributed by atoms with Crippen molar-refractivity contribution >= 4 is 49.4 Å². The van der Waals surface area contributed by atoms with Crippen molar-refractivity contribution in [2.24, 2.45) is 0 Å². The van der Waals surface area contributed by atoms with Gasteiger partial charge in [0.05, 0.1) is 18.9 Å². The number of sulfonamides is 1. The van der Waals surface area contributed by atoms with Crippen molar-refractivity contribution in [1.82, 2.24) is 14.1 Å². The number of ether oxygens (including phenoxy) is 1. The minimum Gasteiger partial charge on any atom is -0.383 e. The number of benzene rings is 2. The molecule has 38 heavy (non-hydrogen) atoms. The molecule has 8 nitrogen and oxygen atoms in total. The van der Waals surface area contributed by atoms with E-state index < -0.39 is 10.0 Å². The summed E-state index contributed by atoms with van der Waals surface area (Å²) in [6, 6.07) is 14.5. The number of methoxy groups -OCH3 is 1. The first-order valence-electron chi connectivity index (χ1n) is 12.7. The second kappa shape index (κ2) is 14.4. The van der Waals surface area contributed by atoms with Crippen LogP contribution in [0.1, 0.15) is 42.1 Å². The molecule has 0 aliphatic carbocycles. The topological polar surface area (TPSA) is 87.2 Å². The van der Waals surface area contributed by atoms with E-state index in [9.17, 15) is 18.0 Å². The normalized spacial score (nSPS) is 14.6. The molecule has 0 bridgehead atoms. The van der Waals surface area contributed by atoms with Crippen LogP contribution in [-0.2, 0) is 26.1 Å². The number of rotatable bonds is 12. The van der Waals surface area contributed by atoms with Gasteiger partial charge in [0, 0.05) is 54.4 Å². The molecule has 11 heteroatoms. The molecular weight excluding hydrogens is 594 g/mol. The van der Waals surface area contributed by atoms with Crippen molar-refractivity contribution < 1.29 is 22.7 Å². The molecule has 0 spiro atoms. The van der Waals surface area contributed by atoms with Gasteiger partial charge in [-0.1, -0.05) is 52.7 Å². The van der Waals surface area contributed by atoms with E-state index in [2.05, 4.69) is 15.9 Å². The third-order valence-corrected chi connectivity index (χ3v) is 9.29. The molecule has 1 saturated heterocycles. The summed E-state index contributed by atoms with van der Waals surface area (Å²) >= 11 is 9.62. The smallest absolute Gasteiger partial charge is 0.253 e. The van der Waals surface area contributed by atoms with Crippen molar-refractivity contribution in [3.05, 3.63) is 69.2 Å². The summed E-state index contributed by atoms with van der Waals surface area (Å²) in [4.78, 5) is 30.3. The molecule has 3 rings (SSSR count). The monoisotopic (exact) mass is 627 g/mol. The number of likely N-dealkylation sites (tertiary alicyclic amines) is 1. The van der Waals surface area contributed by atoms with E-state index >= 15 is 0 Å². The van der Waals surface area contributed by atoms with E-state index in [0.29, 0.717) is 49.5 Å².